The van der Waals surface area contributed by atoms with Gasteiger partial charge in [0.15, 0.2) is 0 Å². The summed E-state index contributed by atoms with van der Waals surface area (Å²) in [6.07, 6.45) is 8.57. The second-order valence-corrected chi connectivity index (χ2v) is 4.83. The molecule has 1 aromatic carbocycles. The van der Waals surface area contributed by atoms with E-state index in [-0.39, 0.29) is 0 Å². The number of para-hydroxylation sites is 2. The lowest BCUT2D eigenvalue weighted by Crippen LogP contribution is -2.04. The minimum Gasteiger partial charge on any atom is -0.379 e. The molecule has 0 aliphatic heterocycles. The van der Waals surface area contributed by atoms with E-state index < -0.39 is 0 Å². The SMILES string of the molecule is CCCn1cc(CNc2ccccc2-n2ccnn2)cn1. The molecule has 21 heavy (non-hydrogen) atoms. The van der Waals surface area contributed by atoms with Gasteiger partial charge in [0.25, 0.3) is 0 Å². The number of nitrogens with zero attached hydrogens (tertiary/aromatic N) is 5. The Kier molecular flexibility index (Phi) is 3.95. The van der Waals surface area contributed by atoms with Crippen LogP contribution in [0.3, 0.4) is 0 Å². The molecule has 0 unspecified atom stereocenters. The molecule has 3 rings (SSSR count). The van der Waals surface area contributed by atoms with Crippen molar-refractivity contribution in [1.82, 2.24) is 24.8 Å². The lowest BCUT2D eigenvalue weighted by atomic mass is 10.2. The number of aryl methyl sites for hydroxylation is 1. The van der Waals surface area contributed by atoms with Gasteiger partial charge >= 0.3 is 0 Å². The third kappa shape index (κ3) is 3.10. The van der Waals surface area contributed by atoms with Crippen molar-refractivity contribution in [2.45, 2.75) is 26.4 Å². The molecule has 0 spiro atoms. The Labute approximate surface area is 123 Å². The maximum atomic E-state index is 4.34. The maximum Gasteiger partial charge on any atom is 0.0894 e. The van der Waals surface area contributed by atoms with Crippen LogP contribution < -0.4 is 5.32 Å². The van der Waals surface area contributed by atoms with E-state index in [1.165, 1.54) is 0 Å². The van der Waals surface area contributed by atoms with Gasteiger partial charge in [-0.25, -0.2) is 4.68 Å². The number of rotatable bonds is 6. The maximum absolute atomic E-state index is 4.34. The van der Waals surface area contributed by atoms with Crippen molar-refractivity contribution in [3.05, 3.63) is 54.6 Å². The number of nitrogens with one attached hydrogen (secondary N) is 1. The molecule has 0 saturated carbocycles. The van der Waals surface area contributed by atoms with Gasteiger partial charge in [-0.05, 0) is 18.6 Å². The fourth-order valence-corrected chi connectivity index (χ4v) is 2.21. The summed E-state index contributed by atoms with van der Waals surface area (Å²) in [5.41, 5.74) is 3.17. The van der Waals surface area contributed by atoms with Gasteiger partial charge in [-0.15, -0.1) is 5.10 Å². The first-order chi connectivity index (χ1) is 10.4. The highest BCUT2D eigenvalue weighted by atomic mass is 15.4. The molecule has 6 heteroatoms. The van der Waals surface area contributed by atoms with Crippen LogP contribution in [-0.4, -0.2) is 24.8 Å². The number of aromatic nitrogens is 5. The van der Waals surface area contributed by atoms with E-state index in [4.69, 9.17) is 0 Å². The first-order valence-electron chi connectivity index (χ1n) is 7.07. The highest BCUT2D eigenvalue weighted by molar-refractivity contribution is 5.60. The average Bonchev–Trinajstić information content (AvgIpc) is 3.17. The van der Waals surface area contributed by atoms with Crippen molar-refractivity contribution in [2.24, 2.45) is 0 Å². The monoisotopic (exact) mass is 282 g/mol. The molecule has 108 valence electrons. The van der Waals surface area contributed by atoms with Crippen LogP contribution in [0.25, 0.3) is 5.69 Å². The Morgan fingerprint density at radius 3 is 2.95 bits per heavy atom. The third-order valence-electron chi connectivity index (χ3n) is 3.20. The molecule has 1 N–H and O–H groups in total. The molecule has 3 aromatic rings. The molecule has 0 radical (unpaired) electrons. The van der Waals surface area contributed by atoms with Gasteiger partial charge < -0.3 is 5.32 Å². The molecule has 0 saturated heterocycles. The first kappa shape index (κ1) is 13.4. The quantitative estimate of drug-likeness (QED) is 0.754. The van der Waals surface area contributed by atoms with E-state index in [2.05, 4.69) is 33.8 Å². The predicted molar refractivity (Wildman–Crippen MR) is 81.2 cm³/mol. The molecule has 0 amide bonds. The first-order valence-corrected chi connectivity index (χ1v) is 7.07. The second-order valence-electron chi connectivity index (χ2n) is 4.83. The molecule has 0 atom stereocenters. The van der Waals surface area contributed by atoms with E-state index in [9.17, 15) is 0 Å². The Morgan fingerprint density at radius 1 is 1.24 bits per heavy atom. The summed E-state index contributed by atoms with van der Waals surface area (Å²) < 4.78 is 3.73. The summed E-state index contributed by atoms with van der Waals surface area (Å²) in [6, 6.07) is 8.04. The average molecular weight is 282 g/mol. The Hall–Kier alpha value is -2.63. The Morgan fingerprint density at radius 2 is 2.14 bits per heavy atom. The van der Waals surface area contributed by atoms with E-state index >= 15 is 0 Å². The summed E-state index contributed by atoms with van der Waals surface area (Å²) in [4.78, 5) is 0. The number of benzene rings is 1. The zero-order valence-electron chi connectivity index (χ0n) is 12.0. The van der Waals surface area contributed by atoms with Gasteiger partial charge in [0.05, 0.1) is 30.0 Å². The van der Waals surface area contributed by atoms with Crippen molar-refractivity contribution in [2.75, 3.05) is 5.32 Å². The molecule has 0 aliphatic carbocycles. The van der Waals surface area contributed by atoms with Gasteiger partial charge in [0.2, 0.25) is 0 Å². The number of anilines is 1. The molecule has 2 aromatic heterocycles. The minimum absolute atomic E-state index is 0.732. The van der Waals surface area contributed by atoms with Gasteiger partial charge in [0, 0.05) is 24.8 Å². The van der Waals surface area contributed by atoms with Crippen LogP contribution in [-0.2, 0) is 13.1 Å². The Balaban J connectivity index is 1.73. The minimum atomic E-state index is 0.732. The van der Waals surface area contributed by atoms with E-state index in [0.717, 1.165) is 36.4 Å². The molecular weight excluding hydrogens is 264 g/mol. The van der Waals surface area contributed by atoms with Crippen LogP contribution in [0.5, 0.6) is 0 Å². The normalized spacial score (nSPS) is 10.7. The molecule has 0 bridgehead atoms. The van der Waals surface area contributed by atoms with Crippen molar-refractivity contribution in [1.29, 1.82) is 0 Å². The summed E-state index contributed by atoms with van der Waals surface area (Å²) in [5, 5.41) is 15.7. The largest absolute Gasteiger partial charge is 0.379 e. The van der Waals surface area contributed by atoms with E-state index in [1.807, 2.05) is 41.3 Å². The van der Waals surface area contributed by atoms with Crippen molar-refractivity contribution in [3.63, 3.8) is 0 Å². The van der Waals surface area contributed by atoms with Crippen LogP contribution in [0.15, 0.2) is 49.1 Å². The van der Waals surface area contributed by atoms with Crippen molar-refractivity contribution in [3.8, 4) is 5.69 Å². The van der Waals surface area contributed by atoms with E-state index in [1.54, 1.807) is 10.9 Å². The number of hydrogen-bond donors (Lipinski definition) is 1. The predicted octanol–water partition coefficient (Wildman–Crippen LogP) is 2.49. The van der Waals surface area contributed by atoms with Gasteiger partial charge in [-0.2, -0.15) is 5.10 Å². The molecule has 0 aliphatic rings. The summed E-state index contributed by atoms with van der Waals surface area (Å²) >= 11 is 0. The fraction of sp³-hybridized carbons (Fsp3) is 0.267. The Bertz CT molecular complexity index is 686. The summed E-state index contributed by atoms with van der Waals surface area (Å²) in [7, 11) is 0. The van der Waals surface area contributed by atoms with Crippen molar-refractivity contribution >= 4 is 5.69 Å². The molecular formula is C15H18N6. The highest BCUT2D eigenvalue weighted by Gasteiger charge is 2.05. The standard InChI is InChI=1S/C15H18N6/c1-2-8-20-12-13(11-18-20)10-16-14-5-3-4-6-15(14)21-9-7-17-19-21/h3-7,9,11-12,16H,2,8,10H2,1H3. The topological polar surface area (TPSA) is 60.6 Å². The smallest absolute Gasteiger partial charge is 0.0894 e. The second kappa shape index (κ2) is 6.21. The fourth-order valence-electron chi connectivity index (χ4n) is 2.21. The van der Waals surface area contributed by atoms with Gasteiger partial charge in [0.1, 0.15) is 0 Å². The van der Waals surface area contributed by atoms with E-state index in [0.29, 0.717) is 0 Å². The van der Waals surface area contributed by atoms with Crippen molar-refractivity contribution < 1.29 is 0 Å². The van der Waals surface area contributed by atoms with Crippen LogP contribution in [0.1, 0.15) is 18.9 Å². The van der Waals surface area contributed by atoms with Crippen LogP contribution in [0.2, 0.25) is 0 Å². The summed E-state index contributed by atoms with van der Waals surface area (Å²) in [5.74, 6) is 0. The molecule has 2 heterocycles. The zero-order chi connectivity index (χ0) is 14.5. The molecule has 0 fully saturated rings. The lowest BCUT2D eigenvalue weighted by Gasteiger charge is -2.10. The molecule has 6 nitrogen and oxygen atoms in total. The van der Waals surface area contributed by atoms with Crippen LogP contribution >= 0.6 is 0 Å². The summed E-state index contributed by atoms with van der Waals surface area (Å²) in [6.45, 7) is 3.83. The van der Waals surface area contributed by atoms with Gasteiger partial charge in [-0.1, -0.05) is 24.3 Å². The third-order valence-corrected chi connectivity index (χ3v) is 3.20. The lowest BCUT2D eigenvalue weighted by molar-refractivity contribution is 0.602. The van der Waals surface area contributed by atoms with Crippen LogP contribution in [0, 0.1) is 0 Å². The zero-order valence-corrected chi connectivity index (χ0v) is 12.0. The van der Waals surface area contributed by atoms with Crippen LogP contribution in [0.4, 0.5) is 5.69 Å². The number of hydrogen-bond acceptors (Lipinski definition) is 4. The van der Waals surface area contributed by atoms with Gasteiger partial charge in [-0.3, -0.25) is 4.68 Å². The highest BCUT2D eigenvalue weighted by Crippen LogP contribution is 2.19.